The van der Waals surface area contributed by atoms with E-state index in [1.54, 1.807) is 0 Å². The van der Waals surface area contributed by atoms with Crippen molar-refractivity contribution in [2.45, 2.75) is 0 Å². The summed E-state index contributed by atoms with van der Waals surface area (Å²) >= 11 is 0. The molecule has 0 saturated heterocycles. The molecular weight excluding hydrogens is 492 g/mol. The Labute approximate surface area is 230 Å². The SMILES string of the molecule is c1ccc(-c2ccc3c(c2)oc2c4ccccc4n(-c4nc(-c5ccccc5)nc(-c5ccccc5)n4)c32)cc1. The molecule has 5 aromatic carbocycles. The van der Waals surface area contributed by atoms with Crippen molar-refractivity contribution >= 4 is 33.0 Å². The van der Waals surface area contributed by atoms with E-state index < -0.39 is 0 Å². The molecule has 0 amide bonds. The molecule has 5 nitrogen and oxygen atoms in total. The molecule has 0 saturated carbocycles. The zero-order chi connectivity index (χ0) is 26.5. The highest BCUT2D eigenvalue weighted by Gasteiger charge is 2.22. The van der Waals surface area contributed by atoms with Gasteiger partial charge in [0.2, 0.25) is 5.95 Å². The number of hydrogen-bond acceptors (Lipinski definition) is 4. The van der Waals surface area contributed by atoms with Crippen molar-refractivity contribution in [3.63, 3.8) is 0 Å². The highest BCUT2D eigenvalue weighted by atomic mass is 16.3. The first-order chi connectivity index (χ1) is 19.8. The topological polar surface area (TPSA) is 56.7 Å². The van der Waals surface area contributed by atoms with Crippen LogP contribution in [0, 0.1) is 0 Å². The van der Waals surface area contributed by atoms with Gasteiger partial charge in [0.1, 0.15) is 11.1 Å². The molecule has 0 aliphatic carbocycles. The third kappa shape index (κ3) is 3.60. The van der Waals surface area contributed by atoms with Gasteiger partial charge in [-0.05, 0) is 35.4 Å². The van der Waals surface area contributed by atoms with E-state index in [0.717, 1.165) is 55.2 Å². The van der Waals surface area contributed by atoms with Crippen LogP contribution in [-0.4, -0.2) is 19.5 Å². The Kier molecular flexibility index (Phi) is 5.07. The third-order valence-corrected chi connectivity index (χ3v) is 7.27. The number of furan rings is 1. The monoisotopic (exact) mass is 514 g/mol. The molecule has 0 radical (unpaired) electrons. The van der Waals surface area contributed by atoms with E-state index in [-0.39, 0.29) is 0 Å². The fourth-order valence-corrected chi connectivity index (χ4v) is 5.38. The first kappa shape index (κ1) is 22.4. The molecule has 5 heteroatoms. The summed E-state index contributed by atoms with van der Waals surface area (Å²) in [6, 6.07) is 45.1. The Balaban J connectivity index is 1.43. The van der Waals surface area contributed by atoms with Crippen molar-refractivity contribution in [3.8, 4) is 39.9 Å². The molecule has 8 rings (SSSR count). The second kappa shape index (κ2) is 9.03. The van der Waals surface area contributed by atoms with Gasteiger partial charge in [0.15, 0.2) is 17.2 Å². The number of para-hydroxylation sites is 1. The van der Waals surface area contributed by atoms with Gasteiger partial charge >= 0.3 is 0 Å². The summed E-state index contributed by atoms with van der Waals surface area (Å²) in [7, 11) is 0. The van der Waals surface area contributed by atoms with E-state index in [0.29, 0.717) is 17.6 Å². The number of rotatable bonds is 4. The predicted molar refractivity (Wildman–Crippen MR) is 160 cm³/mol. The summed E-state index contributed by atoms with van der Waals surface area (Å²) < 4.78 is 8.68. The molecule has 3 aromatic heterocycles. The maximum absolute atomic E-state index is 6.57. The van der Waals surface area contributed by atoms with Crippen LogP contribution in [0.3, 0.4) is 0 Å². The van der Waals surface area contributed by atoms with Crippen molar-refractivity contribution in [2.24, 2.45) is 0 Å². The first-order valence-corrected chi connectivity index (χ1v) is 13.2. The van der Waals surface area contributed by atoms with Crippen molar-refractivity contribution in [1.29, 1.82) is 0 Å². The summed E-state index contributed by atoms with van der Waals surface area (Å²) in [5.41, 5.74) is 7.69. The first-order valence-electron chi connectivity index (χ1n) is 13.2. The summed E-state index contributed by atoms with van der Waals surface area (Å²) in [5.74, 6) is 1.79. The predicted octanol–water partition coefficient (Wildman–Crippen LogP) is 8.72. The molecule has 0 bridgehead atoms. The van der Waals surface area contributed by atoms with Gasteiger partial charge in [0.25, 0.3) is 0 Å². The van der Waals surface area contributed by atoms with Crippen LogP contribution in [0.15, 0.2) is 138 Å². The fraction of sp³-hybridized carbons (Fsp3) is 0. The lowest BCUT2D eigenvalue weighted by atomic mass is 10.0. The lowest BCUT2D eigenvalue weighted by Crippen LogP contribution is -2.06. The van der Waals surface area contributed by atoms with Gasteiger partial charge in [0.05, 0.1) is 5.52 Å². The number of hydrogen-bond donors (Lipinski definition) is 0. The lowest BCUT2D eigenvalue weighted by Gasteiger charge is -2.10. The molecule has 0 fully saturated rings. The van der Waals surface area contributed by atoms with Gasteiger partial charge in [-0.1, -0.05) is 109 Å². The Hall–Kier alpha value is -5.55. The normalized spacial score (nSPS) is 11.5. The summed E-state index contributed by atoms with van der Waals surface area (Å²) in [6.07, 6.45) is 0. The molecule has 0 aliphatic heterocycles. The molecule has 40 heavy (non-hydrogen) atoms. The summed E-state index contributed by atoms with van der Waals surface area (Å²) in [4.78, 5) is 14.9. The Morgan fingerprint density at radius 2 is 1.05 bits per heavy atom. The maximum Gasteiger partial charge on any atom is 0.238 e. The van der Waals surface area contributed by atoms with Gasteiger partial charge in [-0.3, -0.25) is 4.57 Å². The van der Waals surface area contributed by atoms with Crippen molar-refractivity contribution in [3.05, 3.63) is 133 Å². The van der Waals surface area contributed by atoms with Crippen molar-refractivity contribution in [1.82, 2.24) is 19.5 Å². The minimum atomic E-state index is 0.550. The van der Waals surface area contributed by atoms with Crippen molar-refractivity contribution in [2.75, 3.05) is 0 Å². The Morgan fingerprint density at radius 1 is 0.475 bits per heavy atom. The van der Waals surface area contributed by atoms with Crippen LogP contribution in [0.4, 0.5) is 0 Å². The smallest absolute Gasteiger partial charge is 0.238 e. The van der Waals surface area contributed by atoms with E-state index >= 15 is 0 Å². The van der Waals surface area contributed by atoms with E-state index in [2.05, 4.69) is 59.2 Å². The Bertz CT molecular complexity index is 2090. The van der Waals surface area contributed by atoms with Crippen molar-refractivity contribution < 1.29 is 4.42 Å². The van der Waals surface area contributed by atoms with E-state index in [9.17, 15) is 0 Å². The van der Waals surface area contributed by atoms with Gasteiger partial charge in [0, 0.05) is 21.9 Å². The number of nitrogens with zero attached hydrogens (tertiary/aromatic N) is 4. The van der Waals surface area contributed by atoms with Crippen LogP contribution in [0.25, 0.3) is 72.8 Å². The molecule has 0 atom stereocenters. The van der Waals surface area contributed by atoms with Crippen LogP contribution in [0.1, 0.15) is 0 Å². The minimum Gasteiger partial charge on any atom is -0.454 e. The standard InChI is InChI=1S/C35H22N4O/c1-4-12-23(13-5-1)26-20-21-28-30(22-26)40-32-27-18-10-11-19-29(27)39(31(28)32)35-37-33(24-14-6-2-7-15-24)36-34(38-35)25-16-8-3-9-17-25/h1-22H. The third-order valence-electron chi connectivity index (χ3n) is 7.27. The van der Waals surface area contributed by atoms with Crippen LogP contribution >= 0.6 is 0 Å². The molecule has 3 heterocycles. The molecular formula is C35H22N4O. The van der Waals surface area contributed by atoms with Crippen LogP contribution in [0.5, 0.6) is 0 Å². The zero-order valence-corrected chi connectivity index (χ0v) is 21.4. The van der Waals surface area contributed by atoms with E-state index in [4.69, 9.17) is 19.4 Å². The molecule has 8 aromatic rings. The average Bonchev–Trinajstić information content (AvgIpc) is 3.56. The fourth-order valence-electron chi connectivity index (χ4n) is 5.38. The minimum absolute atomic E-state index is 0.550. The largest absolute Gasteiger partial charge is 0.454 e. The summed E-state index contributed by atoms with van der Waals surface area (Å²) in [5, 5.41) is 2.02. The molecule has 0 spiro atoms. The van der Waals surface area contributed by atoms with Gasteiger partial charge in [-0.25, -0.2) is 4.98 Å². The average molecular weight is 515 g/mol. The van der Waals surface area contributed by atoms with E-state index in [1.165, 1.54) is 0 Å². The second-order valence-electron chi connectivity index (χ2n) is 9.72. The molecule has 0 aliphatic rings. The lowest BCUT2D eigenvalue weighted by molar-refractivity contribution is 0.673. The highest BCUT2D eigenvalue weighted by molar-refractivity contribution is 6.16. The van der Waals surface area contributed by atoms with E-state index in [1.807, 2.05) is 78.9 Å². The van der Waals surface area contributed by atoms with Crippen LogP contribution in [0.2, 0.25) is 0 Å². The second-order valence-corrected chi connectivity index (χ2v) is 9.72. The molecule has 0 unspecified atom stereocenters. The molecule has 188 valence electrons. The summed E-state index contributed by atoms with van der Waals surface area (Å²) in [6.45, 7) is 0. The molecule has 0 N–H and O–H groups in total. The van der Waals surface area contributed by atoms with Gasteiger partial charge < -0.3 is 4.42 Å². The van der Waals surface area contributed by atoms with Gasteiger partial charge in [-0.15, -0.1) is 0 Å². The number of benzene rings is 5. The number of fused-ring (bicyclic) bond motifs is 5. The number of aromatic nitrogens is 4. The Morgan fingerprint density at radius 3 is 1.70 bits per heavy atom. The van der Waals surface area contributed by atoms with Crippen LogP contribution in [-0.2, 0) is 0 Å². The van der Waals surface area contributed by atoms with Crippen LogP contribution < -0.4 is 0 Å². The zero-order valence-electron chi connectivity index (χ0n) is 21.4. The maximum atomic E-state index is 6.57. The highest BCUT2D eigenvalue weighted by Crippen LogP contribution is 2.39. The quantitative estimate of drug-likeness (QED) is 0.236. The van der Waals surface area contributed by atoms with Gasteiger partial charge in [-0.2, -0.15) is 9.97 Å².